The molecule has 1 aliphatic heterocycles. The van der Waals surface area contributed by atoms with Crippen molar-refractivity contribution in [3.8, 4) is 0 Å². The number of benzene rings is 1. The fraction of sp³-hybridized carbons (Fsp3) is 0.458. The summed E-state index contributed by atoms with van der Waals surface area (Å²) in [5, 5.41) is 22.4. The molecule has 1 aromatic carbocycles. The van der Waals surface area contributed by atoms with Gasteiger partial charge in [-0.25, -0.2) is 14.8 Å². The van der Waals surface area contributed by atoms with E-state index < -0.39 is 45.0 Å². The van der Waals surface area contributed by atoms with E-state index in [1.54, 1.807) is 20.8 Å². The van der Waals surface area contributed by atoms with Gasteiger partial charge in [-0.05, 0) is 26.7 Å². The van der Waals surface area contributed by atoms with Crippen LogP contribution in [0, 0.1) is 40.0 Å². The van der Waals surface area contributed by atoms with Crippen molar-refractivity contribution >= 4 is 29.2 Å². The molecule has 0 saturated carbocycles. The minimum absolute atomic E-state index is 0.0173. The second kappa shape index (κ2) is 11.3. The lowest BCUT2D eigenvalue weighted by Gasteiger charge is -2.39. The molecule has 1 fully saturated rings. The molecule has 0 spiro atoms. The number of carbonyl (C=O) groups excluding carboxylic acids is 3. The van der Waals surface area contributed by atoms with E-state index in [1.165, 1.54) is 9.80 Å². The summed E-state index contributed by atoms with van der Waals surface area (Å²) in [6.45, 7) is 9.00. The molecule has 1 atom stereocenters. The molecule has 202 valence electrons. The van der Waals surface area contributed by atoms with Crippen LogP contribution >= 0.6 is 0 Å². The molecular weight excluding hydrogens is 500 g/mol. The highest BCUT2D eigenvalue weighted by atomic mass is 16.6. The summed E-state index contributed by atoms with van der Waals surface area (Å²) in [4.78, 5) is 71.5. The van der Waals surface area contributed by atoms with Gasteiger partial charge in [0.1, 0.15) is 17.1 Å². The van der Waals surface area contributed by atoms with E-state index in [2.05, 4.69) is 9.97 Å². The Labute approximate surface area is 217 Å². The van der Waals surface area contributed by atoms with Crippen LogP contribution in [-0.2, 0) is 4.74 Å². The Bertz CT molecular complexity index is 1280. The van der Waals surface area contributed by atoms with Gasteiger partial charge in [-0.3, -0.25) is 29.8 Å². The molecule has 0 bridgehead atoms. The molecule has 14 nitrogen and oxygen atoms in total. The quantitative estimate of drug-likeness (QED) is 0.294. The van der Waals surface area contributed by atoms with E-state index in [-0.39, 0.29) is 49.0 Å². The lowest BCUT2D eigenvalue weighted by Crippen LogP contribution is -2.55. The van der Waals surface area contributed by atoms with Crippen molar-refractivity contribution in [3.05, 3.63) is 66.8 Å². The summed E-state index contributed by atoms with van der Waals surface area (Å²) in [7, 11) is 0. The predicted octanol–water partition coefficient (Wildman–Crippen LogP) is 2.71. The first kappa shape index (κ1) is 28.1. The van der Waals surface area contributed by atoms with Crippen LogP contribution in [0.15, 0.2) is 18.2 Å². The molecule has 1 unspecified atom stereocenters. The molecule has 0 N–H and O–H groups in total. The monoisotopic (exact) mass is 528 g/mol. The number of hydrogen-bond donors (Lipinski definition) is 0. The Hall–Kier alpha value is -4.49. The van der Waals surface area contributed by atoms with Gasteiger partial charge in [-0.1, -0.05) is 13.8 Å². The standard InChI is InChI=1S/C24H28N6O8/c1-13(2)12-38-24(33)20-15(4)25-16(5)26-21(20)23(32)27-6-7-28(14(3)11-27)22(31)17-8-18(29(34)35)10-19(9-17)30(36)37/h8-10,13-14H,6-7,11-12H2,1-5H3. The largest absolute Gasteiger partial charge is 0.462 e. The van der Waals surface area contributed by atoms with Gasteiger partial charge >= 0.3 is 5.97 Å². The van der Waals surface area contributed by atoms with Crippen molar-refractivity contribution in [2.45, 2.75) is 40.7 Å². The number of nitro groups is 2. The molecule has 1 aliphatic rings. The molecule has 38 heavy (non-hydrogen) atoms. The van der Waals surface area contributed by atoms with Crippen LogP contribution in [0.2, 0.25) is 0 Å². The first-order valence-electron chi connectivity index (χ1n) is 11.9. The number of aryl methyl sites for hydroxylation is 2. The van der Waals surface area contributed by atoms with E-state index in [1.807, 2.05) is 13.8 Å². The Morgan fingerprint density at radius 3 is 2.16 bits per heavy atom. The molecule has 2 aromatic rings. The molecule has 3 rings (SSSR count). The third-order valence-electron chi connectivity index (χ3n) is 5.90. The van der Waals surface area contributed by atoms with E-state index in [0.29, 0.717) is 11.5 Å². The number of nitro benzene ring substituents is 2. The zero-order valence-electron chi connectivity index (χ0n) is 21.7. The number of rotatable bonds is 7. The van der Waals surface area contributed by atoms with Gasteiger partial charge in [0, 0.05) is 37.8 Å². The van der Waals surface area contributed by atoms with E-state index in [0.717, 1.165) is 18.2 Å². The second-order valence-electron chi connectivity index (χ2n) is 9.42. The third kappa shape index (κ3) is 6.07. The average molecular weight is 529 g/mol. The Balaban J connectivity index is 1.84. The lowest BCUT2D eigenvalue weighted by molar-refractivity contribution is -0.394. The van der Waals surface area contributed by atoms with E-state index in [9.17, 15) is 34.6 Å². The van der Waals surface area contributed by atoms with Gasteiger partial charge in [0.05, 0.1) is 33.8 Å². The Kier molecular flexibility index (Phi) is 8.33. The number of esters is 1. The summed E-state index contributed by atoms with van der Waals surface area (Å²) in [6, 6.07) is 2.22. The van der Waals surface area contributed by atoms with E-state index >= 15 is 0 Å². The predicted molar refractivity (Wildman–Crippen MR) is 133 cm³/mol. The number of carbonyl (C=O) groups is 3. The molecule has 0 aliphatic carbocycles. The molecule has 2 amide bonds. The highest BCUT2D eigenvalue weighted by molar-refractivity contribution is 6.04. The normalized spacial score (nSPS) is 15.4. The summed E-state index contributed by atoms with van der Waals surface area (Å²) >= 11 is 0. The number of aromatic nitrogens is 2. The van der Waals surface area contributed by atoms with Crippen LogP contribution in [0.3, 0.4) is 0 Å². The molecule has 2 heterocycles. The molecule has 1 saturated heterocycles. The van der Waals surface area contributed by atoms with Crippen LogP contribution in [0.4, 0.5) is 11.4 Å². The minimum atomic E-state index is -0.806. The number of hydrogen-bond acceptors (Lipinski definition) is 10. The zero-order chi connectivity index (χ0) is 28.3. The number of amides is 2. The van der Waals surface area contributed by atoms with Crippen molar-refractivity contribution in [2.75, 3.05) is 26.2 Å². The Morgan fingerprint density at radius 2 is 1.63 bits per heavy atom. The van der Waals surface area contributed by atoms with Crippen LogP contribution in [-0.4, -0.2) is 79.7 Å². The van der Waals surface area contributed by atoms with Crippen LogP contribution in [0.1, 0.15) is 63.5 Å². The van der Waals surface area contributed by atoms with Crippen LogP contribution in [0.25, 0.3) is 0 Å². The van der Waals surface area contributed by atoms with Gasteiger partial charge in [-0.2, -0.15) is 0 Å². The van der Waals surface area contributed by atoms with Crippen molar-refractivity contribution in [1.29, 1.82) is 0 Å². The van der Waals surface area contributed by atoms with Crippen molar-refractivity contribution < 1.29 is 29.0 Å². The fourth-order valence-electron chi connectivity index (χ4n) is 4.12. The van der Waals surface area contributed by atoms with Gasteiger partial charge in [0.15, 0.2) is 0 Å². The summed E-state index contributed by atoms with van der Waals surface area (Å²) in [6.07, 6.45) is 0. The highest BCUT2D eigenvalue weighted by Crippen LogP contribution is 2.25. The van der Waals surface area contributed by atoms with Crippen molar-refractivity contribution in [2.24, 2.45) is 5.92 Å². The highest BCUT2D eigenvalue weighted by Gasteiger charge is 2.35. The number of ether oxygens (including phenoxy) is 1. The van der Waals surface area contributed by atoms with E-state index in [4.69, 9.17) is 4.74 Å². The van der Waals surface area contributed by atoms with Gasteiger partial charge in [0.2, 0.25) is 0 Å². The van der Waals surface area contributed by atoms with Gasteiger partial charge < -0.3 is 14.5 Å². The topological polar surface area (TPSA) is 179 Å². The first-order chi connectivity index (χ1) is 17.8. The summed E-state index contributed by atoms with van der Waals surface area (Å²) < 4.78 is 5.32. The lowest BCUT2D eigenvalue weighted by atomic mass is 10.1. The zero-order valence-corrected chi connectivity index (χ0v) is 21.7. The molecular formula is C24H28N6O8. The first-order valence-corrected chi connectivity index (χ1v) is 11.9. The van der Waals surface area contributed by atoms with Gasteiger partial charge in [0.25, 0.3) is 23.2 Å². The minimum Gasteiger partial charge on any atom is -0.462 e. The van der Waals surface area contributed by atoms with Crippen LogP contribution < -0.4 is 0 Å². The smallest absolute Gasteiger partial charge is 0.342 e. The molecule has 0 radical (unpaired) electrons. The number of piperazine rings is 1. The molecule has 1 aromatic heterocycles. The maximum Gasteiger partial charge on any atom is 0.342 e. The molecule has 14 heteroatoms. The fourth-order valence-corrected chi connectivity index (χ4v) is 4.12. The number of nitrogens with zero attached hydrogens (tertiary/aromatic N) is 6. The SMILES string of the molecule is Cc1nc(C)c(C(=O)OCC(C)C)c(C(=O)N2CCN(C(=O)c3cc([N+](=O)[O-])cc([N+](=O)[O-])c3)C(C)C2)n1. The Morgan fingerprint density at radius 1 is 1.03 bits per heavy atom. The summed E-state index contributed by atoms with van der Waals surface area (Å²) in [5.41, 5.74) is -1.15. The van der Waals surface area contributed by atoms with Crippen LogP contribution in [0.5, 0.6) is 0 Å². The maximum absolute atomic E-state index is 13.5. The average Bonchev–Trinajstić information content (AvgIpc) is 2.85. The van der Waals surface area contributed by atoms with Gasteiger partial charge in [-0.15, -0.1) is 0 Å². The van der Waals surface area contributed by atoms with Crippen molar-refractivity contribution in [1.82, 2.24) is 19.8 Å². The second-order valence-corrected chi connectivity index (χ2v) is 9.42. The maximum atomic E-state index is 13.5. The third-order valence-corrected chi connectivity index (χ3v) is 5.90. The number of non-ortho nitro benzene ring substituents is 2. The summed E-state index contributed by atoms with van der Waals surface area (Å²) in [5.74, 6) is -1.47. The van der Waals surface area contributed by atoms with Crippen molar-refractivity contribution in [3.63, 3.8) is 0 Å².